The minimum Gasteiger partial charge on any atom is -0.392 e. The number of benzene rings is 1. The Hall–Kier alpha value is -1.95. The predicted molar refractivity (Wildman–Crippen MR) is 125 cm³/mol. The van der Waals surface area contributed by atoms with Crippen molar-refractivity contribution >= 4 is 5.91 Å². The second-order valence-corrected chi connectivity index (χ2v) is 9.66. The Labute approximate surface area is 187 Å². The molecule has 0 bridgehead atoms. The van der Waals surface area contributed by atoms with Crippen LogP contribution in [0.3, 0.4) is 0 Å². The average Bonchev–Trinajstić information content (AvgIpc) is 3.20. The van der Waals surface area contributed by atoms with Crippen LogP contribution in [0.25, 0.3) is 0 Å². The Morgan fingerprint density at radius 2 is 2.06 bits per heavy atom. The van der Waals surface area contributed by atoms with Crippen LogP contribution in [0.5, 0.6) is 0 Å². The van der Waals surface area contributed by atoms with Gasteiger partial charge in [0.05, 0.1) is 12.2 Å². The van der Waals surface area contributed by atoms with Gasteiger partial charge in [0, 0.05) is 45.9 Å². The molecule has 0 aliphatic heterocycles. The van der Waals surface area contributed by atoms with Gasteiger partial charge in [-0.25, -0.2) is 0 Å². The lowest BCUT2D eigenvalue weighted by Crippen LogP contribution is -2.29. The fourth-order valence-corrected chi connectivity index (χ4v) is 5.06. The van der Waals surface area contributed by atoms with E-state index in [0.29, 0.717) is 24.7 Å². The SMILES string of the molecule is Cc1cccc(C[C@H](O)/C=C/[C@@H]2[C@H]3CC(CN(C)CCC(=O)N(C)C)=C[C@H]3C[C@H]2O)c1. The van der Waals surface area contributed by atoms with Gasteiger partial charge in [0.25, 0.3) is 0 Å². The van der Waals surface area contributed by atoms with E-state index in [1.807, 2.05) is 24.3 Å². The lowest BCUT2D eigenvalue weighted by Gasteiger charge is -2.21. The van der Waals surface area contributed by atoms with Gasteiger partial charge in [-0.15, -0.1) is 0 Å². The molecule has 0 saturated heterocycles. The predicted octanol–water partition coefficient (Wildman–Crippen LogP) is 2.81. The van der Waals surface area contributed by atoms with E-state index >= 15 is 0 Å². The molecule has 170 valence electrons. The molecule has 0 radical (unpaired) electrons. The topological polar surface area (TPSA) is 64.0 Å². The Bertz CT molecular complexity index is 817. The molecule has 1 fully saturated rings. The molecule has 1 amide bonds. The van der Waals surface area contributed by atoms with Gasteiger partial charge >= 0.3 is 0 Å². The molecule has 0 spiro atoms. The minimum absolute atomic E-state index is 0.0894. The fraction of sp³-hybridized carbons (Fsp3) is 0.577. The summed E-state index contributed by atoms with van der Waals surface area (Å²) < 4.78 is 0. The van der Waals surface area contributed by atoms with E-state index in [1.54, 1.807) is 19.0 Å². The van der Waals surface area contributed by atoms with E-state index in [0.717, 1.165) is 31.5 Å². The number of aliphatic hydroxyl groups is 2. The number of aryl methyl sites for hydroxylation is 1. The Morgan fingerprint density at radius 3 is 2.77 bits per heavy atom. The molecular weight excluding hydrogens is 388 g/mol. The second kappa shape index (κ2) is 10.6. The zero-order valence-electron chi connectivity index (χ0n) is 19.4. The van der Waals surface area contributed by atoms with Crippen LogP contribution >= 0.6 is 0 Å². The van der Waals surface area contributed by atoms with Crippen LogP contribution in [0.4, 0.5) is 0 Å². The van der Waals surface area contributed by atoms with E-state index in [4.69, 9.17) is 0 Å². The van der Waals surface area contributed by atoms with Crippen molar-refractivity contribution in [3.05, 3.63) is 59.2 Å². The van der Waals surface area contributed by atoms with Gasteiger partial charge in [-0.2, -0.15) is 0 Å². The Balaban J connectivity index is 1.51. The van der Waals surface area contributed by atoms with Crippen LogP contribution in [0, 0.1) is 24.7 Å². The van der Waals surface area contributed by atoms with Gasteiger partial charge in [-0.3, -0.25) is 4.79 Å². The Kier molecular flexibility index (Phi) is 8.09. The van der Waals surface area contributed by atoms with Crippen molar-refractivity contribution < 1.29 is 15.0 Å². The second-order valence-electron chi connectivity index (χ2n) is 9.66. The fourth-order valence-electron chi connectivity index (χ4n) is 5.06. The summed E-state index contributed by atoms with van der Waals surface area (Å²) in [6, 6.07) is 8.22. The summed E-state index contributed by atoms with van der Waals surface area (Å²) >= 11 is 0. The molecule has 1 aromatic carbocycles. The van der Waals surface area contributed by atoms with Gasteiger partial charge < -0.3 is 20.0 Å². The summed E-state index contributed by atoms with van der Waals surface area (Å²) in [5, 5.41) is 21.1. The third kappa shape index (κ3) is 6.52. The number of aliphatic hydroxyl groups excluding tert-OH is 2. The number of amides is 1. The molecule has 0 heterocycles. The number of nitrogens with zero attached hydrogens (tertiary/aromatic N) is 2. The maximum Gasteiger partial charge on any atom is 0.223 e. The lowest BCUT2D eigenvalue weighted by molar-refractivity contribution is -0.128. The molecule has 2 aliphatic rings. The van der Waals surface area contributed by atoms with Gasteiger partial charge in [0.2, 0.25) is 5.91 Å². The number of likely N-dealkylation sites (N-methyl/N-ethyl adjacent to an activating group) is 1. The van der Waals surface area contributed by atoms with Crippen LogP contribution in [0.1, 0.15) is 30.4 Å². The normalized spacial score (nSPS) is 26.4. The molecule has 1 aromatic rings. The summed E-state index contributed by atoms with van der Waals surface area (Å²) in [6.45, 7) is 3.68. The van der Waals surface area contributed by atoms with Crippen LogP contribution in [0.2, 0.25) is 0 Å². The van der Waals surface area contributed by atoms with E-state index in [9.17, 15) is 15.0 Å². The van der Waals surface area contributed by atoms with Crippen molar-refractivity contribution in [2.45, 2.75) is 44.8 Å². The first-order chi connectivity index (χ1) is 14.7. The number of carbonyl (C=O) groups is 1. The monoisotopic (exact) mass is 426 g/mol. The number of rotatable bonds is 9. The highest BCUT2D eigenvalue weighted by atomic mass is 16.3. The average molecular weight is 427 g/mol. The van der Waals surface area contributed by atoms with Gasteiger partial charge in [0.15, 0.2) is 0 Å². The standard InChI is InChI=1S/C26H38N2O3/c1-18-6-5-7-19(12-18)14-22(29)8-9-23-24-15-20(13-21(24)16-25(23)30)17-28(4)11-10-26(31)27(2)3/h5-9,12-13,21-25,29-30H,10-11,14-17H2,1-4H3/b9-8+/t21-,22+,23+,24-,25+/m0/s1. The highest BCUT2D eigenvalue weighted by molar-refractivity contribution is 5.75. The first-order valence-electron chi connectivity index (χ1n) is 11.4. The molecular formula is C26H38N2O3. The third-order valence-electron chi connectivity index (χ3n) is 6.71. The molecule has 31 heavy (non-hydrogen) atoms. The van der Waals surface area contributed by atoms with Crippen molar-refractivity contribution in [1.82, 2.24) is 9.80 Å². The van der Waals surface area contributed by atoms with Crippen molar-refractivity contribution in [2.24, 2.45) is 17.8 Å². The van der Waals surface area contributed by atoms with Crippen LogP contribution in [-0.4, -0.2) is 72.4 Å². The van der Waals surface area contributed by atoms with Crippen LogP contribution in [-0.2, 0) is 11.2 Å². The molecule has 0 unspecified atom stereocenters. The van der Waals surface area contributed by atoms with Crippen molar-refractivity contribution in [2.75, 3.05) is 34.2 Å². The van der Waals surface area contributed by atoms with Crippen molar-refractivity contribution in [3.8, 4) is 0 Å². The first-order valence-corrected chi connectivity index (χ1v) is 11.4. The zero-order valence-corrected chi connectivity index (χ0v) is 19.4. The van der Waals surface area contributed by atoms with Gasteiger partial charge in [-0.1, -0.05) is 53.6 Å². The lowest BCUT2D eigenvalue weighted by atomic mass is 9.89. The summed E-state index contributed by atoms with van der Waals surface area (Å²) in [5.41, 5.74) is 3.73. The molecule has 5 atom stereocenters. The minimum atomic E-state index is -0.540. The highest BCUT2D eigenvalue weighted by Gasteiger charge is 2.43. The van der Waals surface area contributed by atoms with Gasteiger partial charge in [0.1, 0.15) is 0 Å². The number of carbonyl (C=O) groups excluding carboxylic acids is 1. The molecule has 5 heteroatoms. The molecule has 2 N–H and O–H groups in total. The molecule has 5 nitrogen and oxygen atoms in total. The van der Waals surface area contributed by atoms with Crippen molar-refractivity contribution in [1.29, 1.82) is 0 Å². The number of fused-ring (bicyclic) bond motifs is 1. The number of hydrogen-bond donors (Lipinski definition) is 2. The smallest absolute Gasteiger partial charge is 0.223 e. The third-order valence-corrected chi connectivity index (χ3v) is 6.71. The summed E-state index contributed by atoms with van der Waals surface area (Å²) in [7, 11) is 5.64. The molecule has 3 rings (SSSR count). The summed E-state index contributed by atoms with van der Waals surface area (Å²) in [5.74, 6) is 1.06. The summed E-state index contributed by atoms with van der Waals surface area (Å²) in [4.78, 5) is 15.7. The maximum absolute atomic E-state index is 11.8. The molecule has 1 saturated carbocycles. The van der Waals surface area contributed by atoms with Crippen LogP contribution in [0.15, 0.2) is 48.1 Å². The first kappa shape index (κ1) is 23.7. The van der Waals surface area contributed by atoms with Crippen molar-refractivity contribution in [3.63, 3.8) is 0 Å². The van der Waals surface area contributed by atoms with E-state index in [2.05, 4.69) is 37.1 Å². The molecule has 2 aliphatic carbocycles. The summed E-state index contributed by atoms with van der Waals surface area (Å²) in [6.07, 6.45) is 8.28. The van der Waals surface area contributed by atoms with Gasteiger partial charge in [-0.05, 0) is 44.2 Å². The van der Waals surface area contributed by atoms with E-state index in [-0.39, 0.29) is 17.9 Å². The highest BCUT2D eigenvalue weighted by Crippen LogP contribution is 2.47. The molecule has 0 aromatic heterocycles. The van der Waals surface area contributed by atoms with E-state index in [1.165, 1.54) is 11.1 Å². The van der Waals surface area contributed by atoms with E-state index < -0.39 is 6.10 Å². The van der Waals surface area contributed by atoms with Crippen LogP contribution < -0.4 is 0 Å². The maximum atomic E-state index is 11.8. The number of allylic oxidation sites excluding steroid dienone is 1. The number of hydrogen-bond acceptors (Lipinski definition) is 4. The zero-order chi connectivity index (χ0) is 22.5. The quantitative estimate of drug-likeness (QED) is 0.596. The largest absolute Gasteiger partial charge is 0.392 e. The Morgan fingerprint density at radius 1 is 1.29 bits per heavy atom.